The number of hydrogen-bond donors (Lipinski definition) is 1. The third kappa shape index (κ3) is 3.85. The molecule has 0 amide bonds. The smallest absolute Gasteiger partial charge is 0.139 e. The number of nitrogens with one attached hydrogen (secondary N) is 1. The van der Waals surface area contributed by atoms with Crippen LogP contribution in [-0.4, -0.2) is 20.2 Å². The molecule has 0 saturated carbocycles. The maximum absolute atomic E-state index is 6.03. The maximum Gasteiger partial charge on any atom is 0.139 e. The molecule has 90 valence electrons. The van der Waals surface area contributed by atoms with Crippen LogP contribution in [0.1, 0.15) is 13.8 Å². The lowest BCUT2D eigenvalue weighted by Gasteiger charge is -2.24. The molecule has 4 heteroatoms. The molecular weight excluding hydrogens is 245 g/mol. The second kappa shape index (κ2) is 5.76. The van der Waals surface area contributed by atoms with Crippen molar-refractivity contribution in [1.82, 2.24) is 5.32 Å². The van der Waals surface area contributed by atoms with E-state index < -0.39 is 0 Å². The molecule has 0 saturated heterocycles. The zero-order valence-corrected chi connectivity index (χ0v) is 11.3. The highest BCUT2D eigenvalue weighted by Crippen LogP contribution is 2.32. The first-order valence-corrected chi connectivity index (χ1v) is 5.93. The molecule has 0 aromatic heterocycles. The quantitative estimate of drug-likeness (QED) is 0.875. The molecule has 16 heavy (non-hydrogen) atoms. The Balaban J connectivity index is 2.64. The summed E-state index contributed by atoms with van der Waals surface area (Å²) < 4.78 is 5.68. The van der Waals surface area contributed by atoms with Crippen molar-refractivity contribution in [3.05, 3.63) is 28.2 Å². The highest BCUT2D eigenvalue weighted by Gasteiger charge is 2.18. The molecule has 1 rings (SSSR count). The van der Waals surface area contributed by atoms with Gasteiger partial charge in [-0.3, -0.25) is 0 Å². The van der Waals surface area contributed by atoms with Gasteiger partial charge in [-0.2, -0.15) is 0 Å². The lowest BCUT2D eigenvalue weighted by molar-refractivity contribution is 0.179. The van der Waals surface area contributed by atoms with E-state index in [1.807, 2.05) is 19.2 Å². The highest BCUT2D eigenvalue weighted by atomic mass is 35.5. The first kappa shape index (κ1) is 13.6. The van der Waals surface area contributed by atoms with Crippen LogP contribution in [0.4, 0.5) is 0 Å². The molecule has 0 atom stereocenters. The predicted octanol–water partition coefficient (Wildman–Crippen LogP) is 3.62. The number of halogens is 2. The van der Waals surface area contributed by atoms with Crippen molar-refractivity contribution < 1.29 is 4.74 Å². The van der Waals surface area contributed by atoms with E-state index in [0.29, 0.717) is 22.4 Å². The molecule has 0 aliphatic carbocycles. The lowest BCUT2D eigenvalue weighted by atomic mass is 9.95. The summed E-state index contributed by atoms with van der Waals surface area (Å²) in [6.45, 7) is 5.73. The molecule has 2 nitrogen and oxygen atoms in total. The maximum atomic E-state index is 6.03. The molecule has 1 aromatic rings. The fraction of sp³-hybridized carbons (Fsp3) is 0.500. The third-order valence-electron chi connectivity index (χ3n) is 2.19. The molecule has 0 radical (unpaired) electrons. The minimum Gasteiger partial charge on any atom is -0.491 e. The molecule has 0 heterocycles. The molecule has 1 aromatic carbocycles. The van der Waals surface area contributed by atoms with Crippen molar-refractivity contribution in [3.63, 3.8) is 0 Å². The van der Waals surface area contributed by atoms with Crippen molar-refractivity contribution in [2.24, 2.45) is 5.41 Å². The van der Waals surface area contributed by atoms with Gasteiger partial charge in [-0.05, 0) is 19.2 Å². The number of ether oxygens (including phenoxy) is 1. The fourth-order valence-electron chi connectivity index (χ4n) is 1.40. The van der Waals surface area contributed by atoms with Crippen LogP contribution in [0.15, 0.2) is 18.2 Å². The normalized spacial score (nSPS) is 11.6. The van der Waals surface area contributed by atoms with Crippen molar-refractivity contribution in [2.45, 2.75) is 13.8 Å². The molecule has 1 N–H and O–H groups in total. The SMILES string of the molecule is CNCC(C)(C)COc1cccc(Cl)c1Cl. The van der Waals surface area contributed by atoms with E-state index >= 15 is 0 Å². The largest absolute Gasteiger partial charge is 0.491 e. The standard InChI is InChI=1S/C12H17Cl2NO/c1-12(2,7-15-3)8-16-10-6-4-5-9(13)11(10)14/h4-6,15H,7-8H2,1-3H3. The van der Waals surface area contributed by atoms with Crippen LogP contribution in [-0.2, 0) is 0 Å². The van der Waals surface area contributed by atoms with Crippen LogP contribution >= 0.6 is 23.2 Å². The van der Waals surface area contributed by atoms with E-state index in [1.165, 1.54) is 0 Å². The molecule has 0 bridgehead atoms. The zero-order chi connectivity index (χ0) is 12.2. The minimum atomic E-state index is 0.0559. The van der Waals surface area contributed by atoms with Crippen LogP contribution < -0.4 is 10.1 Å². The summed E-state index contributed by atoms with van der Waals surface area (Å²) in [6, 6.07) is 5.40. The Morgan fingerprint density at radius 3 is 2.62 bits per heavy atom. The van der Waals surface area contributed by atoms with E-state index in [0.717, 1.165) is 6.54 Å². The predicted molar refractivity (Wildman–Crippen MR) is 69.7 cm³/mol. The lowest BCUT2D eigenvalue weighted by Crippen LogP contribution is -2.32. The minimum absolute atomic E-state index is 0.0559. The Kier molecular flexibility index (Phi) is 4.90. The Bertz CT molecular complexity index is 353. The topological polar surface area (TPSA) is 21.3 Å². The van der Waals surface area contributed by atoms with Crippen LogP contribution in [0.5, 0.6) is 5.75 Å². The van der Waals surface area contributed by atoms with Gasteiger partial charge in [0, 0.05) is 12.0 Å². The second-order valence-electron chi connectivity index (χ2n) is 4.54. The third-order valence-corrected chi connectivity index (χ3v) is 2.99. The van der Waals surface area contributed by atoms with Gasteiger partial charge in [0.25, 0.3) is 0 Å². The van der Waals surface area contributed by atoms with E-state index in [4.69, 9.17) is 27.9 Å². The van der Waals surface area contributed by atoms with Crippen LogP contribution in [0.2, 0.25) is 10.0 Å². The Hall–Kier alpha value is -0.440. The summed E-state index contributed by atoms with van der Waals surface area (Å²) in [6.07, 6.45) is 0. The van der Waals surface area contributed by atoms with E-state index in [2.05, 4.69) is 19.2 Å². The van der Waals surface area contributed by atoms with Gasteiger partial charge in [0.15, 0.2) is 0 Å². The van der Waals surface area contributed by atoms with E-state index in [9.17, 15) is 0 Å². The van der Waals surface area contributed by atoms with Gasteiger partial charge in [0.1, 0.15) is 10.8 Å². The number of benzene rings is 1. The van der Waals surface area contributed by atoms with Crippen molar-refractivity contribution in [2.75, 3.05) is 20.2 Å². The molecule has 0 spiro atoms. The van der Waals surface area contributed by atoms with Gasteiger partial charge in [-0.1, -0.05) is 43.1 Å². The van der Waals surface area contributed by atoms with Gasteiger partial charge in [-0.15, -0.1) is 0 Å². The average molecular weight is 262 g/mol. The molecule has 0 fully saturated rings. The average Bonchev–Trinajstić information content (AvgIpc) is 2.20. The summed E-state index contributed by atoms with van der Waals surface area (Å²) in [5, 5.41) is 4.13. The van der Waals surface area contributed by atoms with Gasteiger partial charge in [-0.25, -0.2) is 0 Å². The van der Waals surface area contributed by atoms with Crippen LogP contribution in [0.25, 0.3) is 0 Å². The number of hydrogen-bond acceptors (Lipinski definition) is 2. The van der Waals surface area contributed by atoms with E-state index in [-0.39, 0.29) is 5.41 Å². The molecule has 0 aliphatic heterocycles. The van der Waals surface area contributed by atoms with Crippen LogP contribution in [0.3, 0.4) is 0 Å². The van der Waals surface area contributed by atoms with Crippen molar-refractivity contribution >= 4 is 23.2 Å². The first-order valence-electron chi connectivity index (χ1n) is 5.18. The first-order chi connectivity index (χ1) is 7.46. The summed E-state index contributed by atoms with van der Waals surface area (Å²) in [7, 11) is 1.92. The molecule has 0 aliphatic rings. The second-order valence-corrected chi connectivity index (χ2v) is 5.32. The number of rotatable bonds is 5. The Labute approximate surface area is 107 Å². The Morgan fingerprint density at radius 2 is 2.00 bits per heavy atom. The summed E-state index contributed by atoms with van der Waals surface area (Å²) in [4.78, 5) is 0. The van der Waals surface area contributed by atoms with Crippen molar-refractivity contribution in [3.8, 4) is 5.75 Å². The van der Waals surface area contributed by atoms with Gasteiger partial charge < -0.3 is 10.1 Å². The fourth-order valence-corrected chi connectivity index (χ4v) is 1.74. The van der Waals surface area contributed by atoms with Crippen LogP contribution in [0, 0.1) is 5.41 Å². The van der Waals surface area contributed by atoms with Crippen molar-refractivity contribution in [1.29, 1.82) is 0 Å². The van der Waals surface area contributed by atoms with Gasteiger partial charge >= 0.3 is 0 Å². The molecular formula is C12H17Cl2NO. The van der Waals surface area contributed by atoms with Gasteiger partial charge in [0.05, 0.1) is 11.6 Å². The highest BCUT2D eigenvalue weighted by molar-refractivity contribution is 6.42. The monoisotopic (exact) mass is 261 g/mol. The summed E-state index contributed by atoms with van der Waals surface area (Å²) >= 11 is 11.9. The molecule has 0 unspecified atom stereocenters. The summed E-state index contributed by atoms with van der Waals surface area (Å²) in [5.74, 6) is 0.637. The van der Waals surface area contributed by atoms with Gasteiger partial charge in [0.2, 0.25) is 0 Å². The summed E-state index contributed by atoms with van der Waals surface area (Å²) in [5.41, 5.74) is 0.0559. The Morgan fingerprint density at radius 1 is 1.31 bits per heavy atom. The zero-order valence-electron chi connectivity index (χ0n) is 9.81. The van der Waals surface area contributed by atoms with E-state index in [1.54, 1.807) is 6.07 Å².